The standard InChI is InChI=1S/C18H19NO2S/c1-3-18(14(2)13-15-7-5-4-6-8-15)22-17-11-9-16(10-12-17)19(20)21/h3-12,14H,13H2,1-2H3/b18-3+/t14-/m0/s1. The minimum atomic E-state index is -0.372. The molecule has 0 saturated carbocycles. The van der Waals surface area contributed by atoms with Crippen molar-refractivity contribution in [2.24, 2.45) is 5.92 Å². The molecule has 0 aliphatic heterocycles. The molecule has 0 aliphatic rings. The summed E-state index contributed by atoms with van der Waals surface area (Å²) in [6, 6.07) is 17.1. The highest BCUT2D eigenvalue weighted by molar-refractivity contribution is 8.03. The number of hydrogen-bond acceptors (Lipinski definition) is 3. The Bertz CT molecular complexity index is 651. The van der Waals surface area contributed by atoms with Crippen LogP contribution in [-0.4, -0.2) is 4.92 Å². The number of nitrogens with zero attached hydrogens (tertiary/aromatic N) is 1. The van der Waals surface area contributed by atoms with Crippen molar-refractivity contribution in [3.8, 4) is 0 Å². The molecule has 0 spiro atoms. The van der Waals surface area contributed by atoms with Crippen molar-refractivity contribution in [2.75, 3.05) is 0 Å². The highest BCUT2D eigenvalue weighted by atomic mass is 32.2. The summed E-state index contributed by atoms with van der Waals surface area (Å²) >= 11 is 1.67. The summed E-state index contributed by atoms with van der Waals surface area (Å²) in [5.41, 5.74) is 1.45. The average Bonchev–Trinajstić information content (AvgIpc) is 2.53. The minimum absolute atomic E-state index is 0.128. The lowest BCUT2D eigenvalue weighted by Crippen LogP contribution is -2.01. The van der Waals surface area contributed by atoms with Crippen molar-refractivity contribution in [1.29, 1.82) is 0 Å². The SMILES string of the molecule is C/C=C(/Sc1ccc([N+](=O)[O-])cc1)[C@@H](C)Cc1ccccc1. The highest BCUT2D eigenvalue weighted by Crippen LogP contribution is 2.34. The maximum Gasteiger partial charge on any atom is 0.269 e. The van der Waals surface area contributed by atoms with Gasteiger partial charge in [-0.3, -0.25) is 10.1 Å². The van der Waals surface area contributed by atoms with Gasteiger partial charge in [0.2, 0.25) is 0 Å². The molecule has 2 aromatic carbocycles. The van der Waals surface area contributed by atoms with Crippen molar-refractivity contribution in [2.45, 2.75) is 25.2 Å². The Morgan fingerprint density at radius 3 is 2.36 bits per heavy atom. The molecule has 0 N–H and O–H groups in total. The number of non-ortho nitro benzene ring substituents is 1. The number of rotatable bonds is 6. The average molecular weight is 313 g/mol. The first-order valence-electron chi connectivity index (χ1n) is 7.22. The summed E-state index contributed by atoms with van der Waals surface area (Å²) in [6.45, 7) is 4.25. The van der Waals surface area contributed by atoms with E-state index in [-0.39, 0.29) is 10.6 Å². The van der Waals surface area contributed by atoms with Crippen LogP contribution in [0.25, 0.3) is 0 Å². The molecule has 0 amide bonds. The van der Waals surface area contributed by atoms with Gasteiger partial charge in [-0.15, -0.1) is 0 Å². The Kier molecular flexibility index (Phi) is 5.78. The second kappa shape index (κ2) is 7.80. The van der Waals surface area contributed by atoms with Gasteiger partial charge < -0.3 is 0 Å². The van der Waals surface area contributed by atoms with E-state index in [1.807, 2.05) is 25.1 Å². The number of allylic oxidation sites excluding steroid dienone is 2. The summed E-state index contributed by atoms with van der Waals surface area (Å²) in [5, 5.41) is 10.7. The molecule has 0 saturated heterocycles. The molecule has 0 aliphatic carbocycles. The van der Waals surface area contributed by atoms with Gasteiger partial charge in [0.1, 0.15) is 0 Å². The van der Waals surface area contributed by atoms with Gasteiger partial charge in [0.05, 0.1) is 4.92 Å². The lowest BCUT2D eigenvalue weighted by atomic mass is 10.0. The van der Waals surface area contributed by atoms with E-state index in [0.717, 1.165) is 11.3 Å². The van der Waals surface area contributed by atoms with Gasteiger partial charge in [-0.05, 0) is 41.9 Å². The van der Waals surface area contributed by atoms with Gasteiger partial charge in [0.15, 0.2) is 0 Å². The Hall–Kier alpha value is -2.07. The maximum atomic E-state index is 10.7. The van der Waals surface area contributed by atoms with Crippen LogP contribution in [0.1, 0.15) is 19.4 Å². The van der Waals surface area contributed by atoms with E-state index in [0.29, 0.717) is 5.92 Å². The molecule has 0 radical (unpaired) electrons. The first-order chi connectivity index (χ1) is 10.6. The predicted molar refractivity (Wildman–Crippen MR) is 92.0 cm³/mol. The zero-order valence-corrected chi connectivity index (χ0v) is 13.5. The summed E-state index contributed by atoms with van der Waals surface area (Å²) in [6.07, 6.45) is 3.11. The van der Waals surface area contributed by atoms with Crippen molar-refractivity contribution in [3.05, 3.63) is 81.3 Å². The molecule has 0 heterocycles. The van der Waals surface area contributed by atoms with Crippen LogP contribution in [0.15, 0.2) is 70.5 Å². The fourth-order valence-electron chi connectivity index (χ4n) is 2.28. The Morgan fingerprint density at radius 2 is 1.82 bits per heavy atom. The van der Waals surface area contributed by atoms with E-state index in [9.17, 15) is 10.1 Å². The summed E-state index contributed by atoms with van der Waals surface area (Å²) < 4.78 is 0. The predicted octanol–water partition coefficient (Wildman–Crippen LogP) is 5.47. The third kappa shape index (κ3) is 4.46. The molecule has 0 unspecified atom stereocenters. The lowest BCUT2D eigenvalue weighted by Gasteiger charge is -2.15. The van der Waals surface area contributed by atoms with E-state index in [2.05, 4.69) is 37.3 Å². The van der Waals surface area contributed by atoms with Crippen molar-refractivity contribution in [3.63, 3.8) is 0 Å². The smallest absolute Gasteiger partial charge is 0.258 e. The van der Waals surface area contributed by atoms with Gasteiger partial charge in [0, 0.05) is 17.0 Å². The molecule has 2 aromatic rings. The van der Waals surface area contributed by atoms with Crippen LogP contribution in [0.3, 0.4) is 0 Å². The molecule has 2 rings (SSSR count). The largest absolute Gasteiger partial charge is 0.269 e. The summed E-state index contributed by atoms with van der Waals surface area (Å²) in [5.74, 6) is 0.410. The van der Waals surface area contributed by atoms with E-state index < -0.39 is 0 Å². The molecular weight excluding hydrogens is 294 g/mol. The number of nitro benzene ring substituents is 1. The Balaban J connectivity index is 2.04. The number of nitro groups is 1. The molecular formula is C18H19NO2S. The molecule has 114 valence electrons. The highest BCUT2D eigenvalue weighted by Gasteiger charge is 2.12. The first kappa shape index (κ1) is 16.3. The molecule has 4 heteroatoms. The van der Waals surface area contributed by atoms with E-state index in [4.69, 9.17) is 0 Å². The van der Waals surface area contributed by atoms with Gasteiger partial charge in [-0.1, -0.05) is 55.1 Å². The van der Waals surface area contributed by atoms with Crippen LogP contribution in [0, 0.1) is 16.0 Å². The van der Waals surface area contributed by atoms with Crippen molar-refractivity contribution < 1.29 is 4.92 Å². The van der Waals surface area contributed by atoms with Gasteiger partial charge in [-0.2, -0.15) is 0 Å². The van der Waals surface area contributed by atoms with Gasteiger partial charge in [-0.25, -0.2) is 0 Å². The second-order valence-electron chi connectivity index (χ2n) is 5.13. The van der Waals surface area contributed by atoms with Gasteiger partial charge in [0.25, 0.3) is 5.69 Å². The second-order valence-corrected chi connectivity index (χ2v) is 6.28. The maximum absolute atomic E-state index is 10.7. The molecule has 1 atom stereocenters. The van der Waals surface area contributed by atoms with E-state index in [1.165, 1.54) is 10.5 Å². The monoisotopic (exact) mass is 313 g/mol. The molecule has 3 nitrogen and oxygen atoms in total. The normalized spacial score (nSPS) is 12.9. The fourth-order valence-corrected chi connectivity index (χ4v) is 3.23. The summed E-state index contributed by atoms with van der Waals surface area (Å²) in [4.78, 5) is 12.6. The summed E-state index contributed by atoms with van der Waals surface area (Å²) in [7, 11) is 0. The zero-order valence-electron chi connectivity index (χ0n) is 12.7. The zero-order chi connectivity index (χ0) is 15.9. The fraction of sp³-hybridized carbons (Fsp3) is 0.222. The van der Waals surface area contributed by atoms with Crippen LogP contribution < -0.4 is 0 Å². The van der Waals surface area contributed by atoms with Crippen LogP contribution in [0.5, 0.6) is 0 Å². The topological polar surface area (TPSA) is 43.1 Å². The Morgan fingerprint density at radius 1 is 1.18 bits per heavy atom. The van der Waals surface area contributed by atoms with Crippen LogP contribution >= 0.6 is 11.8 Å². The minimum Gasteiger partial charge on any atom is -0.258 e. The number of benzene rings is 2. The van der Waals surface area contributed by atoms with Crippen molar-refractivity contribution >= 4 is 17.4 Å². The van der Waals surface area contributed by atoms with E-state index >= 15 is 0 Å². The third-order valence-electron chi connectivity index (χ3n) is 3.44. The quantitative estimate of drug-likeness (QED) is 0.403. The van der Waals surface area contributed by atoms with Crippen LogP contribution in [0.2, 0.25) is 0 Å². The number of thioether (sulfide) groups is 1. The molecule has 22 heavy (non-hydrogen) atoms. The molecule has 0 aromatic heterocycles. The third-order valence-corrected chi connectivity index (χ3v) is 4.82. The van der Waals surface area contributed by atoms with Crippen LogP contribution in [0.4, 0.5) is 5.69 Å². The van der Waals surface area contributed by atoms with Crippen LogP contribution in [-0.2, 0) is 6.42 Å². The first-order valence-corrected chi connectivity index (χ1v) is 8.04. The number of hydrogen-bond donors (Lipinski definition) is 0. The van der Waals surface area contributed by atoms with Crippen molar-refractivity contribution in [1.82, 2.24) is 0 Å². The Labute approximate surface area is 135 Å². The molecule has 0 bridgehead atoms. The molecule has 0 fully saturated rings. The lowest BCUT2D eigenvalue weighted by molar-refractivity contribution is -0.384. The van der Waals surface area contributed by atoms with Gasteiger partial charge >= 0.3 is 0 Å². The van der Waals surface area contributed by atoms with E-state index in [1.54, 1.807) is 23.9 Å².